The lowest BCUT2D eigenvalue weighted by Gasteiger charge is -1.79. The van der Waals surface area contributed by atoms with Crippen molar-refractivity contribution in [3.8, 4) is 0 Å². The first-order valence-electron chi connectivity index (χ1n) is 1.28. The SMILES string of the molecule is N[P+](=O)P(N)(=O)O. The van der Waals surface area contributed by atoms with E-state index in [-0.39, 0.29) is 0 Å². The van der Waals surface area contributed by atoms with E-state index in [2.05, 4.69) is 11.0 Å². The Morgan fingerprint density at radius 2 is 1.86 bits per heavy atom. The predicted octanol–water partition coefficient (Wildman–Crippen LogP) is -0.253. The Kier molecular flexibility index (Phi) is 2.05. The summed E-state index contributed by atoms with van der Waals surface area (Å²) in [4.78, 5) is 8.02. The van der Waals surface area contributed by atoms with Crippen LogP contribution in [0.2, 0.25) is 0 Å². The molecule has 0 bridgehead atoms. The highest BCUT2D eigenvalue weighted by atomic mass is 32.1. The van der Waals surface area contributed by atoms with Crippen molar-refractivity contribution < 1.29 is 14.0 Å². The van der Waals surface area contributed by atoms with Gasteiger partial charge in [0.15, 0.2) is 0 Å². The van der Waals surface area contributed by atoms with Gasteiger partial charge in [-0.15, -0.1) is 5.50 Å². The largest absolute Gasteiger partial charge is 0.528 e. The van der Waals surface area contributed by atoms with Gasteiger partial charge in [-0.3, -0.25) is 4.89 Å². The fourth-order valence-corrected chi connectivity index (χ4v) is 0. The second-order valence-corrected chi connectivity index (χ2v) is 5.58. The Balaban J connectivity index is 4.09. The summed E-state index contributed by atoms with van der Waals surface area (Å²) in [6.07, 6.45) is 0. The van der Waals surface area contributed by atoms with E-state index in [1.54, 1.807) is 0 Å². The lowest BCUT2D eigenvalue weighted by atomic mass is 13.9. The highest BCUT2D eigenvalue weighted by Crippen LogP contribution is 2.53. The topological polar surface area (TPSA) is 106 Å². The van der Waals surface area contributed by atoms with Crippen molar-refractivity contribution >= 4 is 14.8 Å². The molecule has 0 saturated heterocycles. The first-order chi connectivity index (χ1) is 2.94. The van der Waals surface area contributed by atoms with Crippen molar-refractivity contribution in [1.82, 2.24) is 0 Å². The third-order valence-corrected chi connectivity index (χ3v) is 2.54. The third-order valence-electron chi connectivity index (χ3n) is 0.282. The van der Waals surface area contributed by atoms with Gasteiger partial charge in [0.05, 0.1) is 0 Å². The lowest BCUT2D eigenvalue weighted by molar-refractivity contribution is 0.492. The molecule has 0 rings (SSSR count). The minimum absolute atomic E-state index is 2.60. The smallest absolute Gasteiger partial charge is 0.295 e. The fraction of sp³-hybridized carbons (Fsp3) is 0. The Hall–Kier alpha value is 0.210. The summed E-state index contributed by atoms with van der Waals surface area (Å²) in [5.74, 6) is 0. The average Bonchev–Trinajstić information content (AvgIpc) is 1.31. The van der Waals surface area contributed by atoms with Gasteiger partial charge in [-0.05, 0) is 4.57 Å². The van der Waals surface area contributed by atoms with Crippen molar-refractivity contribution in [2.45, 2.75) is 0 Å². The van der Waals surface area contributed by atoms with Crippen molar-refractivity contribution in [3.63, 3.8) is 0 Å². The maximum Gasteiger partial charge on any atom is 0.528 e. The van der Waals surface area contributed by atoms with E-state index < -0.39 is 14.8 Å². The molecule has 0 aliphatic heterocycles. The van der Waals surface area contributed by atoms with Gasteiger partial charge in [0.1, 0.15) is 0 Å². The highest BCUT2D eigenvalue weighted by molar-refractivity contribution is 8.22. The van der Waals surface area contributed by atoms with Crippen molar-refractivity contribution in [1.29, 1.82) is 0 Å². The monoisotopic (exact) mass is 143 g/mol. The standard InChI is InChI=1S/H4N2O3P2/c1-6(3)7(2,4)5/h(H4-,1,2,3,4,5)/p+1. The van der Waals surface area contributed by atoms with Crippen LogP contribution >= 0.6 is 14.8 Å². The number of nitrogens with two attached hydrogens (primary N) is 2. The minimum atomic E-state index is -3.95. The molecule has 0 aromatic rings. The summed E-state index contributed by atoms with van der Waals surface area (Å²) >= 11 is 0. The van der Waals surface area contributed by atoms with Crippen LogP contribution in [0.4, 0.5) is 0 Å². The molecule has 0 aromatic heterocycles. The molecule has 0 heterocycles. The second-order valence-electron chi connectivity index (χ2n) is 0.892. The average molecular weight is 143 g/mol. The van der Waals surface area contributed by atoms with Crippen LogP contribution < -0.4 is 11.0 Å². The first kappa shape index (κ1) is 7.21. The van der Waals surface area contributed by atoms with E-state index in [0.717, 1.165) is 0 Å². The van der Waals surface area contributed by atoms with Crippen molar-refractivity contribution in [2.75, 3.05) is 0 Å². The van der Waals surface area contributed by atoms with E-state index in [1.807, 2.05) is 0 Å². The molecule has 5 N–H and O–H groups in total. The zero-order valence-electron chi connectivity index (χ0n) is 3.31. The maximum absolute atomic E-state index is 9.84. The molecule has 0 amide bonds. The third kappa shape index (κ3) is 2.85. The molecule has 0 fully saturated rings. The van der Waals surface area contributed by atoms with Crippen LogP contribution in [0.1, 0.15) is 0 Å². The number of hydrogen-bond acceptors (Lipinski definition) is 2. The lowest BCUT2D eigenvalue weighted by Crippen LogP contribution is -1.90. The van der Waals surface area contributed by atoms with E-state index >= 15 is 0 Å². The van der Waals surface area contributed by atoms with Crippen molar-refractivity contribution in [3.05, 3.63) is 0 Å². The van der Waals surface area contributed by atoms with E-state index in [9.17, 15) is 9.13 Å². The van der Waals surface area contributed by atoms with Gasteiger partial charge in [0.25, 0.3) is 0 Å². The Morgan fingerprint density at radius 3 is 1.86 bits per heavy atom. The molecule has 0 aliphatic carbocycles. The van der Waals surface area contributed by atoms with Crippen LogP contribution in [0.5, 0.6) is 0 Å². The molecule has 0 aliphatic rings. The zero-order valence-corrected chi connectivity index (χ0v) is 5.10. The molecule has 0 saturated carbocycles. The van der Waals surface area contributed by atoms with Crippen LogP contribution in [0, 0.1) is 0 Å². The summed E-state index contributed by atoms with van der Waals surface area (Å²) < 4.78 is 19.6. The molecule has 2 unspecified atom stereocenters. The molecule has 0 radical (unpaired) electrons. The Bertz CT molecular complexity index is 123. The summed E-state index contributed by atoms with van der Waals surface area (Å²) in [5.41, 5.74) is 8.82. The van der Waals surface area contributed by atoms with Gasteiger partial charge < -0.3 is 0 Å². The summed E-state index contributed by atoms with van der Waals surface area (Å²) in [5, 5.41) is 0. The molecule has 42 valence electrons. The molecule has 0 spiro atoms. The van der Waals surface area contributed by atoms with Gasteiger partial charge in [0, 0.05) is 0 Å². The van der Waals surface area contributed by atoms with Crippen LogP contribution in [-0.2, 0) is 9.13 Å². The number of hydrogen-bond donors (Lipinski definition) is 3. The van der Waals surface area contributed by atoms with Gasteiger partial charge in [-0.1, -0.05) is 0 Å². The second kappa shape index (κ2) is 1.99. The highest BCUT2D eigenvalue weighted by Gasteiger charge is 2.33. The zero-order chi connectivity index (χ0) is 6.08. The minimum Gasteiger partial charge on any atom is -0.295 e. The first-order valence-corrected chi connectivity index (χ1v) is 5.04. The quantitative estimate of drug-likeness (QED) is 0.438. The molecule has 5 nitrogen and oxygen atoms in total. The van der Waals surface area contributed by atoms with E-state index in [4.69, 9.17) is 4.89 Å². The summed E-state index contributed by atoms with van der Waals surface area (Å²) in [6, 6.07) is 0. The maximum atomic E-state index is 9.84. The van der Waals surface area contributed by atoms with Crippen LogP contribution in [-0.4, -0.2) is 4.89 Å². The molecular formula is H5N2O3P2+. The summed E-state index contributed by atoms with van der Waals surface area (Å²) in [7, 11) is -6.55. The van der Waals surface area contributed by atoms with Gasteiger partial charge >= 0.3 is 14.8 Å². The molecule has 0 aromatic carbocycles. The molecular weight excluding hydrogens is 138 g/mol. The molecule has 2 atom stereocenters. The van der Waals surface area contributed by atoms with Crippen molar-refractivity contribution in [2.24, 2.45) is 11.0 Å². The van der Waals surface area contributed by atoms with Gasteiger partial charge in [0.2, 0.25) is 0 Å². The van der Waals surface area contributed by atoms with Crippen LogP contribution in [0.25, 0.3) is 0 Å². The van der Waals surface area contributed by atoms with Gasteiger partial charge in [-0.2, -0.15) is 0 Å². The number of rotatable bonds is 1. The molecule has 7 heteroatoms. The Morgan fingerprint density at radius 1 is 1.71 bits per heavy atom. The van der Waals surface area contributed by atoms with Gasteiger partial charge in [-0.25, -0.2) is 10.1 Å². The Labute approximate surface area is 40.9 Å². The fourth-order valence-electron chi connectivity index (χ4n) is 0. The predicted molar refractivity (Wildman–Crippen MR) is 25.8 cm³/mol. The molecule has 7 heavy (non-hydrogen) atoms. The van der Waals surface area contributed by atoms with E-state index in [1.165, 1.54) is 0 Å². The van der Waals surface area contributed by atoms with Crippen LogP contribution in [0.3, 0.4) is 0 Å². The normalized spacial score (nSPS) is 20.7. The van der Waals surface area contributed by atoms with E-state index in [0.29, 0.717) is 0 Å². The van der Waals surface area contributed by atoms with Crippen LogP contribution in [0.15, 0.2) is 0 Å². The summed E-state index contributed by atoms with van der Waals surface area (Å²) in [6.45, 7) is 0.